The molecule has 0 spiro atoms. The fourth-order valence-electron chi connectivity index (χ4n) is 2.85. The third-order valence-electron chi connectivity index (χ3n) is 4.48. The van der Waals surface area contributed by atoms with Crippen molar-refractivity contribution >= 4 is 33.2 Å². The van der Waals surface area contributed by atoms with Gasteiger partial charge >= 0.3 is 0 Å². The first-order valence-corrected chi connectivity index (χ1v) is 11.0. The van der Waals surface area contributed by atoms with E-state index in [1.165, 1.54) is 38.7 Å². The largest absolute Gasteiger partial charge is 0.497 e. The van der Waals surface area contributed by atoms with E-state index in [4.69, 9.17) is 4.74 Å². The Bertz CT molecular complexity index is 1220. The van der Waals surface area contributed by atoms with Gasteiger partial charge in [0.2, 0.25) is 15.9 Å². The van der Waals surface area contributed by atoms with E-state index in [-0.39, 0.29) is 16.1 Å². The Morgan fingerprint density at radius 1 is 1.03 bits per heavy atom. The van der Waals surface area contributed by atoms with E-state index in [0.717, 1.165) is 4.31 Å². The Hall–Kier alpha value is -3.76. The molecule has 2 N–H and O–H groups in total. The molecule has 0 unspecified atom stereocenters. The Balaban J connectivity index is 1.71. The summed E-state index contributed by atoms with van der Waals surface area (Å²) in [5.74, 6) is -0.450. The molecular weight excluding hydrogens is 432 g/mol. The molecule has 2 aromatic carbocycles. The number of hydrogen-bond donors (Lipinski definition) is 2. The maximum absolute atomic E-state index is 12.8. The van der Waals surface area contributed by atoms with Crippen LogP contribution >= 0.6 is 0 Å². The molecular formula is C22H22N4O5S. The average Bonchev–Trinajstić information content (AvgIpc) is 2.80. The summed E-state index contributed by atoms with van der Waals surface area (Å²) in [6.45, 7) is -0.441. The second-order valence-corrected chi connectivity index (χ2v) is 8.77. The summed E-state index contributed by atoms with van der Waals surface area (Å²) in [6, 6.07) is 16.2. The lowest BCUT2D eigenvalue weighted by Gasteiger charge is -2.17. The molecule has 9 nitrogen and oxygen atoms in total. The van der Waals surface area contributed by atoms with Crippen molar-refractivity contribution in [2.24, 2.45) is 0 Å². The number of benzene rings is 2. The van der Waals surface area contributed by atoms with Crippen molar-refractivity contribution in [1.82, 2.24) is 9.29 Å². The third kappa shape index (κ3) is 5.48. The van der Waals surface area contributed by atoms with Gasteiger partial charge in [0.05, 0.1) is 24.9 Å². The van der Waals surface area contributed by atoms with Crippen molar-refractivity contribution in [3.63, 3.8) is 0 Å². The summed E-state index contributed by atoms with van der Waals surface area (Å²) in [6.07, 6.45) is 2.67. The lowest BCUT2D eigenvalue weighted by Crippen LogP contribution is -2.35. The fourth-order valence-corrected chi connectivity index (χ4v) is 3.94. The number of aromatic nitrogens is 1. The summed E-state index contributed by atoms with van der Waals surface area (Å²) in [4.78, 5) is 29.1. The Kier molecular flexibility index (Phi) is 7.18. The molecule has 0 atom stereocenters. The Morgan fingerprint density at radius 3 is 2.53 bits per heavy atom. The van der Waals surface area contributed by atoms with Gasteiger partial charge in [0, 0.05) is 31.2 Å². The Morgan fingerprint density at radius 2 is 1.81 bits per heavy atom. The van der Waals surface area contributed by atoms with Gasteiger partial charge in [-0.2, -0.15) is 4.31 Å². The number of hydrogen-bond acceptors (Lipinski definition) is 6. The quantitative estimate of drug-likeness (QED) is 0.540. The molecule has 0 bridgehead atoms. The molecule has 10 heteroatoms. The zero-order valence-corrected chi connectivity index (χ0v) is 18.3. The average molecular weight is 455 g/mol. The van der Waals surface area contributed by atoms with Gasteiger partial charge in [0.25, 0.3) is 5.91 Å². The lowest BCUT2D eigenvalue weighted by molar-refractivity contribution is -0.116. The molecule has 0 fully saturated rings. The number of rotatable bonds is 8. The molecule has 1 aromatic heterocycles. The molecule has 0 saturated heterocycles. The number of carbonyl (C=O) groups excluding carboxylic acids is 2. The first-order chi connectivity index (χ1) is 15.3. The number of methoxy groups -OCH3 is 1. The summed E-state index contributed by atoms with van der Waals surface area (Å²) in [5.41, 5.74) is 1.00. The van der Waals surface area contributed by atoms with Gasteiger partial charge in [-0.3, -0.25) is 14.6 Å². The predicted molar refractivity (Wildman–Crippen MR) is 120 cm³/mol. The molecule has 1 heterocycles. The van der Waals surface area contributed by atoms with Gasteiger partial charge in [0.1, 0.15) is 10.6 Å². The number of ether oxygens (including phenoxy) is 1. The molecule has 3 aromatic rings. The van der Waals surface area contributed by atoms with Gasteiger partial charge in [-0.15, -0.1) is 0 Å². The van der Waals surface area contributed by atoms with Crippen molar-refractivity contribution in [1.29, 1.82) is 0 Å². The topological polar surface area (TPSA) is 118 Å². The van der Waals surface area contributed by atoms with Crippen LogP contribution in [0.5, 0.6) is 5.75 Å². The highest BCUT2D eigenvalue weighted by molar-refractivity contribution is 7.89. The lowest BCUT2D eigenvalue weighted by atomic mass is 10.1. The molecule has 32 heavy (non-hydrogen) atoms. The van der Waals surface area contributed by atoms with E-state index in [0.29, 0.717) is 11.4 Å². The summed E-state index contributed by atoms with van der Waals surface area (Å²) >= 11 is 0. The van der Waals surface area contributed by atoms with Crippen LogP contribution in [-0.2, 0) is 14.8 Å². The third-order valence-corrected chi connectivity index (χ3v) is 6.27. The van der Waals surface area contributed by atoms with Crippen molar-refractivity contribution in [3.05, 3.63) is 78.6 Å². The van der Waals surface area contributed by atoms with Crippen molar-refractivity contribution in [2.45, 2.75) is 4.90 Å². The standard InChI is InChI=1S/C22H22N4O5S/c1-26(32(29,30)18-9-6-12-23-14-18)15-21(27)25-20-11-4-3-10-19(20)22(28)24-16-7-5-8-17(13-16)31-2/h3-14H,15H2,1-2H3,(H,24,28)(H,25,27). The minimum atomic E-state index is -3.88. The summed E-state index contributed by atoms with van der Waals surface area (Å²) < 4.78 is 31.2. The van der Waals surface area contributed by atoms with Crippen LogP contribution in [0.25, 0.3) is 0 Å². The minimum absolute atomic E-state index is 0.0200. The maximum Gasteiger partial charge on any atom is 0.257 e. The predicted octanol–water partition coefficient (Wildman–Crippen LogP) is 2.60. The summed E-state index contributed by atoms with van der Waals surface area (Å²) in [7, 11) is -1.06. The van der Waals surface area contributed by atoms with E-state index in [2.05, 4.69) is 15.6 Å². The number of carbonyl (C=O) groups is 2. The van der Waals surface area contributed by atoms with E-state index in [1.807, 2.05) is 0 Å². The van der Waals surface area contributed by atoms with E-state index in [1.54, 1.807) is 48.5 Å². The van der Waals surface area contributed by atoms with Crippen molar-refractivity contribution in [3.8, 4) is 5.75 Å². The smallest absolute Gasteiger partial charge is 0.257 e. The maximum atomic E-state index is 12.8. The number of pyridine rings is 1. The van der Waals surface area contributed by atoms with E-state index >= 15 is 0 Å². The number of para-hydroxylation sites is 1. The highest BCUT2D eigenvalue weighted by Gasteiger charge is 2.23. The molecule has 2 amide bonds. The second-order valence-electron chi connectivity index (χ2n) is 6.73. The second kappa shape index (κ2) is 10.0. The molecule has 0 radical (unpaired) electrons. The highest BCUT2D eigenvalue weighted by atomic mass is 32.2. The zero-order valence-electron chi connectivity index (χ0n) is 17.5. The first-order valence-electron chi connectivity index (χ1n) is 9.52. The van der Waals surface area contributed by atoms with Gasteiger partial charge in [-0.25, -0.2) is 8.42 Å². The molecule has 166 valence electrons. The normalized spacial score (nSPS) is 11.1. The first kappa shape index (κ1) is 22.9. The number of anilines is 2. The van der Waals surface area contributed by atoms with Gasteiger partial charge in [-0.05, 0) is 36.4 Å². The number of likely N-dealkylation sites (N-methyl/N-ethyl adjacent to an activating group) is 1. The van der Waals surface area contributed by atoms with E-state index < -0.39 is 28.4 Å². The van der Waals surface area contributed by atoms with Crippen LogP contribution < -0.4 is 15.4 Å². The van der Waals surface area contributed by atoms with Crippen LogP contribution in [0.4, 0.5) is 11.4 Å². The monoisotopic (exact) mass is 454 g/mol. The zero-order chi connectivity index (χ0) is 23.1. The van der Waals surface area contributed by atoms with Crippen LogP contribution in [0.2, 0.25) is 0 Å². The van der Waals surface area contributed by atoms with Gasteiger partial charge < -0.3 is 15.4 Å². The Labute approximate surface area is 186 Å². The molecule has 3 rings (SSSR count). The minimum Gasteiger partial charge on any atom is -0.497 e. The van der Waals surface area contributed by atoms with Gasteiger partial charge in [0.15, 0.2) is 0 Å². The van der Waals surface area contributed by atoms with Crippen molar-refractivity contribution in [2.75, 3.05) is 31.3 Å². The van der Waals surface area contributed by atoms with Gasteiger partial charge in [-0.1, -0.05) is 18.2 Å². The van der Waals surface area contributed by atoms with Crippen LogP contribution in [-0.4, -0.2) is 50.2 Å². The van der Waals surface area contributed by atoms with Crippen LogP contribution in [0.15, 0.2) is 78.0 Å². The number of nitrogens with one attached hydrogen (secondary N) is 2. The fraction of sp³-hybridized carbons (Fsp3) is 0.136. The van der Waals surface area contributed by atoms with Crippen LogP contribution in [0.3, 0.4) is 0 Å². The number of amides is 2. The molecule has 0 aliphatic rings. The number of nitrogens with zero attached hydrogens (tertiary/aromatic N) is 2. The number of sulfonamides is 1. The molecule has 0 aliphatic heterocycles. The molecule has 0 aliphatic carbocycles. The summed E-state index contributed by atoms with van der Waals surface area (Å²) in [5, 5.41) is 5.36. The molecule has 0 saturated carbocycles. The SMILES string of the molecule is COc1cccc(NC(=O)c2ccccc2NC(=O)CN(C)S(=O)(=O)c2cccnc2)c1. The highest BCUT2D eigenvalue weighted by Crippen LogP contribution is 2.21. The van der Waals surface area contributed by atoms with E-state index in [9.17, 15) is 18.0 Å². The van der Waals surface area contributed by atoms with Crippen LogP contribution in [0.1, 0.15) is 10.4 Å². The van der Waals surface area contributed by atoms with Crippen LogP contribution in [0, 0.1) is 0 Å². The van der Waals surface area contributed by atoms with Crippen molar-refractivity contribution < 1.29 is 22.7 Å².